The van der Waals surface area contributed by atoms with Crippen LogP contribution in [0, 0.1) is 5.41 Å². The summed E-state index contributed by atoms with van der Waals surface area (Å²) in [6, 6.07) is 6.04. The molecular weight excluding hydrogens is 290 g/mol. The lowest BCUT2D eigenvalue weighted by atomic mass is 9.78. The number of hydrogen-bond donors (Lipinski definition) is 1. The first-order valence-electron chi connectivity index (χ1n) is 7.63. The molecule has 6 heteroatoms. The highest BCUT2D eigenvalue weighted by Gasteiger charge is 2.40. The summed E-state index contributed by atoms with van der Waals surface area (Å²) in [5.74, 6) is -0.0771. The molecule has 0 radical (unpaired) electrons. The molecule has 1 aromatic rings. The van der Waals surface area contributed by atoms with Crippen molar-refractivity contribution in [3.05, 3.63) is 29.8 Å². The van der Waals surface area contributed by atoms with Crippen LogP contribution in [0.5, 0.6) is 5.75 Å². The molecule has 1 spiro atoms. The van der Waals surface area contributed by atoms with E-state index < -0.39 is 6.61 Å². The Hall–Kier alpha value is -1.69. The van der Waals surface area contributed by atoms with Gasteiger partial charge in [-0.25, -0.2) is 0 Å². The second-order valence-electron chi connectivity index (χ2n) is 6.13. The number of hydrogen-bond acceptors (Lipinski definition) is 3. The van der Waals surface area contributed by atoms with E-state index in [2.05, 4.69) is 10.1 Å². The van der Waals surface area contributed by atoms with E-state index in [1.807, 2.05) is 4.90 Å². The summed E-state index contributed by atoms with van der Waals surface area (Å²) in [4.78, 5) is 14.4. The molecular formula is C16H20F2N2O2. The smallest absolute Gasteiger partial charge is 0.387 e. The largest absolute Gasteiger partial charge is 0.435 e. The maximum atomic E-state index is 12.6. The Kier molecular flexibility index (Phi) is 4.29. The van der Waals surface area contributed by atoms with Gasteiger partial charge in [0.2, 0.25) is 0 Å². The van der Waals surface area contributed by atoms with E-state index in [-0.39, 0.29) is 17.1 Å². The molecule has 0 saturated carbocycles. The molecule has 0 bridgehead atoms. The fourth-order valence-corrected chi connectivity index (χ4v) is 3.46. The number of alkyl halides is 2. The third-order valence-electron chi connectivity index (χ3n) is 4.70. The van der Waals surface area contributed by atoms with Gasteiger partial charge >= 0.3 is 6.61 Å². The van der Waals surface area contributed by atoms with Gasteiger partial charge in [-0.15, -0.1) is 0 Å². The summed E-state index contributed by atoms with van der Waals surface area (Å²) in [5.41, 5.74) is 0.641. The van der Waals surface area contributed by atoms with Crippen LogP contribution in [-0.2, 0) is 0 Å². The Balaban J connectivity index is 1.69. The first-order chi connectivity index (χ1) is 10.6. The molecule has 22 heavy (non-hydrogen) atoms. The van der Waals surface area contributed by atoms with Gasteiger partial charge in [-0.1, -0.05) is 6.07 Å². The monoisotopic (exact) mass is 310 g/mol. The minimum absolute atomic E-state index is 0.0247. The summed E-state index contributed by atoms with van der Waals surface area (Å²) >= 11 is 0. The van der Waals surface area contributed by atoms with Crippen LogP contribution in [0.1, 0.15) is 29.6 Å². The normalized spacial score (nSPS) is 20.6. The van der Waals surface area contributed by atoms with Crippen molar-refractivity contribution < 1.29 is 18.3 Å². The number of ether oxygens (including phenoxy) is 1. The SMILES string of the molecule is O=C(c1cccc(OC(F)F)c1)N1CCC2(CCNCC2)C1. The van der Waals surface area contributed by atoms with Crippen LogP contribution in [0.15, 0.2) is 24.3 Å². The predicted octanol–water partition coefficient (Wildman–Crippen LogP) is 2.50. The standard InChI is InChI=1S/C16H20F2N2O2/c17-15(18)22-13-3-1-2-12(10-13)14(21)20-9-6-16(11-20)4-7-19-8-5-16/h1-3,10,15,19H,4-9,11H2. The highest BCUT2D eigenvalue weighted by molar-refractivity contribution is 5.94. The maximum absolute atomic E-state index is 12.6. The van der Waals surface area contributed by atoms with Crippen molar-refractivity contribution in [3.63, 3.8) is 0 Å². The number of nitrogens with zero attached hydrogens (tertiary/aromatic N) is 1. The number of benzene rings is 1. The Morgan fingerprint density at radius 2 is 2.05 bits per heavy atom. The van der Waals surface area contributed by atoms with Gasteiger partial charge in [0.25, 0.3) is 5.91 Å². The van der Waals surface area contributed by atoms with Crippen molar-refractivity contribution in [3.8, 4) is 5.75 Å². The number of halogens is 2. The van der Waals surface area contributed by atoms with Crippen LogP contribution in [0.3, 0.4) is 0 Å². The van der Waals surface area contributed by atoms with E-state index in [1.54, 1.807) is 12.1 Å². The van der Waals surface area contributed by atoms with Gasteiger partial charge in [-0.05, 0) is 56.0 Å². The van der Waals surface area contributed by atoms with Crippen LogP contribution in [0.25, 0.3) is 0 Å². The van der Waals surface area contributed by atoms with Gasteiger partial charge in [0.15, 0.2) is 0 Å². The fraction of sp³-hybridized carbons (Fsp3) is 0.562. The molecule has 0 atom stereocenters. The van der Waals surface area contributed by atoms with Crippen LogP contribution in [-0.4, -0.2) is 43.6 Å². The average molecular weight is 310 g/mol. The molecule has 0 aliphatic carbocycles. The zero-order chi connectivity index (χ0) is 15.6. The first kappa shape index (κ1) is 15.2. The molecule has 2 heterocycles. The highest BCUT2D eigenvalue weighted by atomic mass is 19.3. The van der Waals surface area contributed by atoms with E-state index in [9.17, 15) is 13.6 Å². The van der Waals surface area contributed by atoms with Gasteiger partial charge in [-0.3, -0.25) is 4.79 Å². The summed E-state index contributed by atoms with van der Waals surface area (Å²) in [6.45, 7) is 0.612. The summed E-state index contributed by atoms with van der Waals surface area (Å²) in [6.07, 6.45) is 3.20. The number of nitrogens with one attached hydrogen (secondary N) is 1. The number of amides is 1. The highest BCUT2D eigenvalue weighted by Crippen LogP contribution is 2.39. The number of likely N-dealkylation sites (tertiary alicyclic amines) is 1. The van der Waals surface area contributed by atoms with Crippen molar-refractivity contribution in [2.24, 2.45) is 5.41 Å². The summed E-state index contributed by atoms with van der Waals surface area (Å²) < 4.78 is 28.9. The minimum atomic E-state index is -2.88. The van der Waals surface area contributed by atoms with E-state index in [4.69, 9.17) is 0 Å². The summed E-state index contributed by atoms with van der Waals surface area (Å²) in [5, 5.41) is 3.35. The van der Waals surface area contributed by atoms with Crippen LogP contribution in [0.4, 0.5) is 8.78 Å². The van der Waals surface area contributed by atoms with E-state index in [0.29, 0.717) is 5.56 Å². The third kappa shape index (κ3) is 3.21. The molecule has 120 valence electrons. The van der Waals surface area contributed by atoms with E-state index in [0.717, 1.165) is 45.4 Å². The number of piperidine rings is 1. The van der Waals surface area contributed by atoms with E-state index >= 15 is 0 Å². The summed E-state index contributed by atoms with van der Waals surface area (Å²) in [7, 11) is 0. The quantitative estimate of drug-likeness (QED) is 0.933. The Morgan fingerprint density at radius 1 is 1.27 bits per heavy atom. The van der Waals surface area contributed by atoms with Crippen LogP contribution < -0.4 is 10.1 Å². The molecule has 1 amide bonds. The topological polar surface area (TPSA) is 41.6 Å². The Labute approximate surface area is 128 Å². The first-order valence-corrected chi connectivity index (χ1v) is 7.63. The molecule has 3 rings (SSSR count). The maximum Gasteiger partial charge on any atom is 0.387 e. The van der Waals surface area contributed by atoms with Crippen LogP contribution >= 0.6 is 0 Å². The van der Waals surface area contributed by atoms with Crippen molar-refractivity contribution >= 4 is 5.91 Å². The molecule has 1 N–H and O–H groups in total. The number of carbonyl (C=O) groups excluding carboxylic acids is 1. The molecule has 2 fully saturated rings. The molecule has 1 aromatic carbocycles. The second kappa shape index (κ2) is 6.20. The number of carbonyl (C=O) groups is 1. The average Bonchev–Trinajstić information content (AvgIpc) is 2.90. The van der Waals surface area contributed by atoms with Crippen molar-refractivity contribution in [1.29, 1.82) is 0 Å². The minimum Gasteiger partial charge on any atom is -0.435 e. The predicted molar refractivity (Wildman–Crippen MR) is 78.1 cm³/mol. The molecule has 2 aliphatic rings. The van der Waals surface area contributed by atoms with Gasteiger partial charge in [0.05, 0.1) is 0 Å². The Bertz CT molecular complexity index is 545. The number of rotatable bonds is 3. The van der Waals surface area contributed by atoms with Crippen molar-refractivity contribution in [2.75, 3.05) is 26.2 Å². The van der Waals surface area contributed by atoms with Crippen molar-refractivity contribution in [1.82, 2.24) is 10.2 Å². The van der Waals surface area contributed by atoms with E-state index in [1.165, 1.54) is 12.1 Å². The second-order valence-corrected chi connectivity index (χ2v) is 6.13. The molecule has 0 aromatic heterocycles. The molecule has 4 nitrogen and oxygen atoms in total. The van der Waals surface area contributed by atoms with Gasteiger partial charge in [0, 0.05) is 18.7 Å². The van der Waals surface area contributed by atoms with Crippen molar-refractivity contribution in [2.45, 2.75) is 25.9 Å². The van der Waals surface area contributed by atoms with Crippen LogP contribution in [0.2, 0.25) is 0 Å². The van der Waals surface area contributed by atoms with Gasteiger partial charge in [0.1, 0.15) is 5.75 Å². The van der Waals surface area contributed by atoms with Gasteiger partial charge < -0.3 is 15.0 Å². The molecule has 2 aliphatic heterocycles. The lowest BCUT2D eigenvalue weighted by Crippen LogP contribution is -2.39. The zero-order valence-electron chi connectivity index (χ0n) is 12.4. The molecule has 0 unspecified atom stereocenters. The lowest BCUT2D eigenvalue weighted by Gasteiger charge is -2.33. The zero-order valence-corrected chi connectivity index (χ0v) is 12.4. The van der Waals surface area contributed by atoms with Gasteiger partial charge in [-0.2, -0.15) is 8.78 Å². The lowest BCUT2D eigenvalue weighted by molar-refractivity contribution is -0.0499. The Morgan fingerprint density at radius 3 is 2.77 bits per heavy atom. The third-order valence-corrected chi connectivity index (χ3v) is 4.70. The molecule has 2 saturated heterocycles. The fourth-order valence-electron chi connectivity index (χ4n) is 3.46.